The summed E-state index contributed by atoms with van der Waals surface area (Å²) in [6.45, 7) is 3.02. The van der Waals surface area contributed by atoms with Gasteiger partial charge in [-0.15, -0.1) is 0 Å². The normalized spacial score (nSPS) is 13.0. The van der Waals surface area contributed by atoms with Crippen molar-refractivity contribution in [3.63, 3.8) is 0 Å². The summed E-state index contributed by atoms with van der Waals surface area (Å²) in [6.07, 6.45) is 55.2. The number of hydrogen-bond acceptors (Lipinski definition) is 3. The van der Waals surface area contributed by atoms with Crippen LogP contribution in [0.5, 0.6) is 0 Å². The second-order valence-corrected chi connectivity index (χ2v) is 16.4. The quantitative estimate of drug-likeness (QED) is 0.0556. The van der Waals surface area contributed by atoms with E-state index in [-0.39, 0.29) is 0 Å². The highest BCUT2D eigenvalue weighted by Crippen LogP contribution is 2.29. The minimum atomic E-state index is -0.404. The summed E-state index contributed by atoms with van der Waals surface area (Å²) in [6, 6.07) is 0. The van der Waals surface area contributed by atoms with Crippen molar-refractivity contribution in [1.82, 2.24) is 0 Å². The van der Waals surface area contributed by atoms with E-state index in [1.165, 1.54) is 238 Å². The fourth-order valence-electron chi connectivity index (χ4n) is 7.87. The molecule has 3 heteroatoms. The first-order valence-electron chi connectivity index (χ1n) is 23.1. The molecule has 0 aliphatic carbocycles. The first-order chi connectivity index (χ1) is 24.2. The molecule has 3 N–H and O–H groups in total. The topological polar surface area (TPSA) is 60.7 Å². The summed E-state index contributed by atoms with van der Waals surface area (Å²) in [5.41, 5.74) is -0.404. The van der Waals surface area contributed by atoms with Crippen LogP contribution < -0.4 is 0 Å². The largest absolute Gasteiger partial charge is 0.396 e. The molecule has 0 aromatic carbocycles. The van der Waals surface area contributed by atoms with Gasteiger partial charge in [0, 0.05) is 13.2 Å². The summed E-state index contributed by atoms with van der Waals surface area (Å²) in [7, 11) is 0. The average Bonchev–Trinajstić information content (AvgIpc) is 3.10. The number of rotatable bonds is 44. The second kappa shape index (κ2) is 42.3. The van der Waals surface area contributed by atoms with Crippen LogP contribution in [0.15, 0.2) is 0 Å². The van der Waals surface area contributed by atoms with Gasteiger partial charge in [0.15, 0.2) is 0 Å². The molecule has 1 atom stereocenters. The maximum Gasteiger partial charge on any atom is 0.0647 e. The third kappa shape index (κ3) is 40.5. The summed E-state index contributed by atoms with van der Waals surface area (Å²) < 4.78 is 0. The molecular formula is C46H94O3. The first-order valence-corrected chi connectivity index (χ1v) is 23.1. The Morgan fingerprint density at radius 2 is 0.408 bits per heavy atom. The van der Waals surface area contributed by atoms with E-state index in [0.717, 1.165) is 32.1 Å². The van der Waals surface area contributed by atoms with Crippen molar-refractivity contribution in [2.45, 2.75) is 282 Å². The Kier molecular flexibility index (Phi) is 42.2. The SMILES string of the molecule is CCCCCCCCCCCC(O)(CCCCCCCCCCCCCCCCO)CCCCCCCCCCCCCCCCCCO. The number of hydrogen-bond donors (Lipinski definition) is 3. The van der Waals surface area contributed by atoms with Crippen LogP contribution in [0.25, 0.3) is 0 Å². The minimum absolute atomic E-state index is 0.358. The number of aliphatic hydroxyl groups excluding tert-OH is 2. The van der Waals surface area contributed by atoms with Gasteiger partial charge < -0.3 is 15.3 Å². The maximum absolute atomic E-state index is 11.7. The molecule has 0 aliphatic rings. The zero-order valence-corrected chi connectivity index (χ0v) is 34.0. The van der Waals surface area contributed by atoms with Gasteiger partial charge in [-0.1, -0.05) is 244 Å². The van der Waals surface area contributed by atoms with Crippen molar-refractivity contribution in [2.24, 2.45) is 0 Å². The monoisotopic (exact) mass is 695 g/mol. The van der Waals surface area contributed by atoms with E-state index in [1.807, 2.05) is 0 Å². The lowest BCUT2D eigenvalue weighted by atomic mass is 9.85. The Morgan fingerprint density at radius 3 is 0.592 bits per heavy atom. The van der Waals surface area contributed by atoms with Gasteiger partial charge in [0.05, 0.1) is 5.60 Å². The third-order valence-electron chi connectivity index (χ3n) is 11.3. The lowest BCUT2D eigenvalue weighted by Crippen LogP contribution is -2.28. The maximum atomic E-state index is 11.7. The molecule has 0 saturated carbocycles. The summed E-state index contributed by atoms with van der Waals surface area (Å²) in [4.78, 5) is 0. The highest BCUT2D eigenvalue weighted by molar-refractivity contribution is 4.79. The highest BCUT2D eigenvalue weighted by Gasteiger charge is 2.25. The second-order valence-electron chi connectivity index (χ2n) is 16.4. The number of aliphatic hydroxyl groups is 3. The number of unbranched alkanes of at least 4 members (excludes halogenated alkanes) is 36. The van der Waals surface area contributed by atoms with E-state index >= 15 is 0 Å². The van der Waals surface area contributed by atoms with Crippen molar-refractivity contribution >= 4 is 0 Å². The van der Waals surface area contributed by atoms with Crippen LogP contribution >= 0.6 is 0 Å². The van der Waals surface area contributed by atoms with Gasteiger partial charge in [0.25, 0.3) is 0 Å². The smallest absolute Gasteiger partial charge is 0.0647 e. The molecule has 0 saturated heterocycles. The fourth-order valence-corrected chi connectivity index (χ4v) is 7.87. The molecule has 0 spiro atoms. The van der Waals surface area contributed by atoms with Crippen molar-refractivity contribution in [3.05, 3.63) is 0 Å². The van der Waals surface area contributed by atoms with Crippen LogP contribution in [0, 0.1) is 0 Å². The van der Waals surface area contributed by atoms with Crippen molar-refractivity contribution < 1.29 is 15.3 Å². The van der Waals surface area contributed by atoms with E-state index in [4.69, 9.17) is 10.2 Å². The molecule has 1 unspecified atom stereocenters. The standard InChI is InChI=1S/C46H94O3/c1-2-3-4-5-6-21-26-31-36-41-46(49,43-38-33-28-23-18-14-10-12-16-20-25-30-35-40-45-48)42-37-32-27-22-17-13-9-7-8-11-15-19-24-29-34-39-44-47/h47-49H,2-45H2,1H3. The highest BCUT2D eigenvalue weighted by atomic mass is 16.3. The first kappa shape index (κ1) is 48.9. The molecule has 0 rings (SSSR count). The average molecular weight is 695 g/mol. The predicted octanol–water partition coefficient (Wildman–Crippen LogP) is 15.1. The molecule has 296 valence electrons. The molecule has 0 fully saturated rings. The molecular weight excluding hydrogens is 601 g/mol. The van der Waals surface area contributed by atoms with Crippen molar-refractivity contribution in [1.29, 1.82) is 0 Å². The van der Waals surface area contributed by atoms with E-state index < -0.39 is 5.60 Å². The van der Waals surface area contributed by atoms with E-state index in [9.17, 15) is 5.11 Å². The van der Waals surface area contributed by atoms with Crippen LogP contribution in [0.4, 0.5) is 0 Å². The van der Waals surface area contributed by atoms with Gasteiger partial charge in [-0.25, -0.2) is 0 Å². The van der Waals surface area contributed by atoms with Gasteiger partial charge >= 0.3 is 0 Å². The molecule has 3 nitrogen and oxygen atoms in total. The summed E-state index contributed by atoms with van der Waals surface area (Å²) >= 11 is 0. The summed E-state index contributed by atoms with van der Waals surface area (Å²) in [5, 5.41) is 29.4. The van der Waals surface area contributed by atoms with Gasteiger partial charge in [-0.05, 0) is 32.1 Å². The zero-order chi connectivity index (χ0) is 35.6. The Balaban J connectivity index is 3.98. The van der Waals surface area contributed by atoms with Crippen molar-refractivity contribution in [2.75, 3.05) is 13.2 Å². The molecule has 0 heterocycles. The Bertz CT molecular complexity index is 581. The van der Waals surface area contributed by atoms with Gasteiger partial charge in [-0.3, -0.25) is 0 Å². The Hall–Kier alpha value is -0.120. The zero-order valence-electron chi connectivity index (χ0n) is 34.0. The molecule has 0 aromatic heterocycles. The van der Waals surface area contributed by atoms with Crippen LogP contribution in [-0.2, 0) is 0 Å². The third-order valence-corrected chi connectivity index (χ3v) is 11.3. The van der Waals surface area contributed by atoms with Crippen LogP contribution in [-0.4, -0.2) is 34.1 Å². The minimum Gasteiger partial charge on any atom is -0.396 e. The molecule has 49 heavy (non-hydrogen) atoms. The van der Waals surface area contributed by atoms with Crippen LogP contribution in [0.3, 0.4) is 0 Å². The van der Waals surface area contributed by atoms with Gasteiger partial charge in [0.2, 0.25) is 0 Å². The van der Waals surface area contributed by atoms with E-state index in [0.29, 0.717) is 13.2 Å². The molecule has 0 aliphatic heterocycles. The lowest BCUT2D eigenvalue weighted by Gasteiger charge is -2.29. The fraction of sp³-hybridized carbons (Fsp3) is 1.00. The molecule has 0 radical (unpaired) electrons. The Morgan fingerprint density at radius 1 is 0.245 bits per heavy atom. The van der Waals surface area contributed by atoms with Crippen LogP contribution in [0.2, 0.25) is 0 Å². The molecule has 0 aromatic rings. The van der Waals surface area contributed by atoms with E-state index in [1.54, 1.807) is 0 Å². The molecule has 0 amide bonds. The van der Waals surface area contributed by atoms with E-state index in [2.05, 4.69) is 6.92 Å². The predicted molar refractivity (Wildman–Crippen MR) is 219 cm³/mol. The molecule has 0 bridgehead atoms. The van der Waals surface area contributed by atoms with Crippen LogP contribution in [0.1, 0.15) is 277 Å². The van der Waals surface area contributed by atoms with Gasteiger partial charge in [-0.2, -0.15) is 0 Å². The van der Waals surface area contributed by atoms with Crippen molar-refractivity contribution in [3.8, 4) is 0 Å². The Labute approximate surface area is 310 Å². The summed E-state index contributed by atoms with van der Waals surface area (Å²) in [5.74, 6) is 0. The lowest BCUT2D eigenvalue weighted by molar-refractivity contribution is 0.00704. The van der Waals surface area contributed by atoms with Gasteiger partial charge in [0.1, 0.15) is 0 Å².